The van der Waals surface area contributed by atoms with E-state index in [0.29, 0.717) is 12.5 Å². The fourth-order valence-electron chi connectivity index (χ4n) is 3.43. The van der Waals surface area contributed by atoms with Crippen LogP contribution < -0.4 is 5.73 Å². The Morgan fingerprint density at radius 1 is 1.44 bits per heavy atom. The third-order valence-corrected chi connectivity index (χ3v) is 5.85. The van der Waals surface area contributed by atoms with Gasteiger partial charge in [0.05, 0.1) is 5.25 Å². The molecule has 2 N–H and O–H groups in total. The first-order valence-corrected chi connectivity index (χ1v) is 8.87. The molecule has 0 aromatic rings. The summed E-state index contributed by atoms with van der Waals surface area (Å²) in [7, 11) is -3.03. The lowest BCUT2D eigenvalue weighted by molar-refractivity contribution is 0.0939. The van der Waals surface area contributed by atoms with Crippen LogP contribution in [0, 0.1) is 5.92 Å². The summed E-state index contributed by atoms with van der Waals surface area (Å²) in [5.74, 6) is 0.522. The zero-order chi connectivity index (χ0) is 14.0. The van der Waals surface area contributed by atoms with Gasteiger partial charge in [0, 0.05) is 24.9 Å². The Labute approximate surface area is 112 Å². The molecule has 1 saturated carbocycles. The van der Waals surface area contributed by atoms with Gasteiger partial charge in [0.1, 0.15) is 0 Å². The lowest BCUT2D eigenvalue weighted by Gasteiger charge is -2.44. The molecule has 1 aliphatic carbocycles. The highest BCUT2D eigenvalue weighted by molar-refractivity contribution is 7.91. The predicted molar refractivity (Wildman–Crippen MR) is 76.4 cm³/mol. The van der Waals surface area contributed by atoms with E-state index in [-0.39, 0.29) is 10.8 Å². The van der Waals surface area contributed by atoms with Gasteiger partial charge in [-0.2, -0.15) is 0 Å². The highest BCUT2D eigenvalue weighted by Crippen LogP contribution is 2.39. The highest BCUT2D eigenvalue weighted by Gasteiger charge is 2.50. The molecule has 0 radical (unpaired) electrons. The van der Waals surface area contributed by atoms with Crippen LogP contribution in [-0.2, 0) is 9.84 Å². The first-order chi connectivity index (χ1) is 8.28. The molecule has 1 fully saturated rings. The quantitative estimate of drug-likeness (QED) is 0.793. The predicted octanol–water partition coefficient (Wildman–Crippen LogP) is 1.26. The molecule has 108 valence electrons. The van der Waals surface area contributed by atoms with Crippen molar-refractivity contribution >= 4 is 9.84 Å². The number of hydrogen-bond acceptors (Lipinski definition) is 4. The van der Waals surface area contributed by atoms with Crippen LogP contribution in [0.2, 0.25) is 0 Å². The van der Waals surface area contributed by atoms with Crippen LogP contribution in [0.5, 0.6) is 0 Å². The van der Waals surface area contributed by atoms with E-state index in [1.807, 2.05) is 0 Å². The number of rotatable bonds is 6. The van der Waals surface area contributed by atoms with E-state index in [1.54, 1.807) is 0 Å². The number of hydrogen-bond donors (Lipinski definition) is 1. The van der Waals surface area contributed by atoms with Crippen LogP contribution in [0.4, 0.5) is 0 Å². The molecular formula is C13H28N2O2S. The topological polar surface area (TPSA) is 63.4 Å². The summed E-state index contributed by atoms with van der Waals surface area (Å²) in [5.41, 5.74) is 5.66. The van der Waals surface area contributed by atoms with Gasteiger partial charge < -0.3 is 5.73 Å². The number of nitrogens with zero attached hydrogens (tertiary/aromatic N) is 1. The van der Waals surface area contributed by atoms with Crippen LogP contribution in [0.3, 0.4) is 0 Å². The molecule has 5 heteroatoms. The molecular weight excluding hydrogens is 248 g/mol. The Balaban J connectivity index is 3.09. The third-order valence-electron chi connectivity index (χ3n) is 4.14. The second kappa shape index (κ2) is 5.88. The summed E-state index contributed by atoms with van der Waals surface area (Å²) in [6.07, 6.45) is 3.98. The Bertz CT molecular complexity index is 367. The van der Waals surface area contributed by atoms with E-state index >= 15 is 0 Å². The molecule has 0 aromatic carbocycles. The van der Waals surface area contributed by atoms with E-state index in [4.69, 9.17) is 5.73 Å². The molecule has 0 saturated heterocycles. The average molecular weight is 276 g/mol. The summed E-state index contributed by atoms with van der Waals surface area (Å²) >= 11 is 0. The van der Waals surface area contributed by atoms with Crippen molar-refractivity contribution < 1.29 is 8.42 Å². The van der Waals surface area contributed by atoms with Crippen molar-refractivity contribution in [3.8, 4) is 0 Å². The first kappa shape index (κ1) is 15.9. The number of sulfone groups is 1. The highest BCUT2D eigenvalue weighted by atomic mass is 32.2. The van der Waals surface area contributed by atoms with Crippen LogP contribution in [0.1, 0.15) is 40.0 Å². The Kier molecular flexibility index (Phi) is 5.21. The normalized spacial score (nSPS) is 29.4. The fourth-order valence-corrected chi connectivity index (χ4v) is 5.18. The Morgan fingerprint density at radius 3 is 2.44 bits per heavy atom. The second-order valence-electron chi connectivity index (χ2n) is 5.95. The van der Waals surface area contributed by atoms with Crippen LogP contribution in [0.15, 0.2) is 0 Å². The average Bonchev–Trinajstić information content (AvgIpc) is 2.70. The monoisotopic (exact) mass is 276 g/mol. The molecule has 1 aliphatic rings. The molecule has 0 aliphatic heterocycles. The van der Waals surface area contributed by atoms with Gasteiger partial charge in [-0.3, -0.25) is 4.90 Å². The zero-order valence-electron chi connectivity index (χ0n) is 12.1. The van der Waals surface area contributed by atoms with Gasteiger partial charge in [0.15, 0.2) is 9.84 Å². The standard InChI is InChI=1S/C13H28N2O2S/c1-5-15(9-11(2)3)13(10-14)8-6-7-12(13)18(4,16)17/h11-12H,5-10,14H2,1-4H3. The summed E-state index contributed by atoms with van der Waals surface area (Å²) in [5, 5.41) is -0.298. The van der Waals surface area contributed by atoms with Crippen molar-refractivity contribution in [2.45, 2.75) is 50.8 Å². The van der Waals surface area contributed by atoms with Crippen molar-refractivity contribution in [1.29, 1.82) is 0 Å². The van der Waals surface area contributed by atoms with E-state index in [1.165, 1.54) is 6.26 Å². The third kappa shape index (κ3) is 3.06. The van der Waals surface area contributed by atoms with Gasteiger partial charge in [0.2, 0.25) is 0 Å². The van der Waals surface area contributed by atoms with Crippen molar-refractivity contribution in [3.05, 3.63) is 0 Å². The fraction of sp³-hybridized carbons (Fsp3) is 1.00. The van der Waals surface area contributed by atoms with Crippen LogP contribution in [-0.4, -0.2) is 50.0 Å². The molecule has 0 bridgehead atoms. The van der Waals surface area contributed by atoms with Crippen molar-refractivity contribution in [3.63, 3.8) is 0 Å². The van der Waals surface area contributed by atoms with Gasteiger partial charge in [-0.05, 0) is 25.3 Å². The maximum atomic E-state index is 12.0. The second-order valence-corrected chi connectivity index (χ2v) is 8.18. The number of likely N-dealkylation sites (N-methyl/N-ethyl adjacent to an activating group) is 1. The van der Waals surface area contributed by atoms with Gasteiger partial charge in [-0.1, -0.05) is 27.2 Å². The van der Waals surface area contributed by atoms with Gasteiger partial charge in [0.25, 0.3) is 0 Å². The molecule has 18 heavy (non-hydrogen) atoms. The van der Waals surface area contributed by atoms with E-state index in [2.05, 4.69) is 25.7 Å². The smallest absolute Gasteiger partial charge is 0.152 e. The van der Waals surface area contributed by atoms with Crippen molar-refractivity contribution in [2.24, 2.45) is 11.7 Å². The first-order valence-electron chi connectivity index (χ1n) is 6.92. The zero-order valence-corrected chi connectivity index (χ0v) is 13.0. The Morgan fingerprint density at radius 2 is 2.06 bits per heavy atom. The maximum absolute atomic E-state index is 12.0. The minimum absolute atomic E-state index is 0.298. The SMILES string of the molecule is CCN(CC(C)C)C1(CN)CCCC1S(C)(=O)=O. The van der Waals surface area contributed by atoms with Crippen molar-refractivity contribution in [1.82, 2.24) is 4.90 Å². The summed E-state index contributed by atoms with van der Waals surface area (Å²) < 4.78 is 24.1. The molecule has 2 atom stereocenters. The molecule has 4 nitrogen and oxygen atoms in total. The lowest BCUT2D eigenvalue weighted by Crippen LogP contribution is -2.61. The van der Waals surface area contributed by atoms with E-state index < -0.39 is 9.84 Å². The molecule has 0 spiro atoms. The minimum atomic E-state index is -3.03. The molecule has 1 rings (SSSR count). The molecule has 0 aromatic heterocycles. The van der Waals surface area contributed by atoms with E-state index in [9.17, 15) is 8.42 Å². The number of nitrogens with two attached hydrogens (primary N) is 1. The largest absolute Gasteiger partial charge is 0.329 e. The van der Waals surface area contributed by atoms with Crippen LogP contribution >= 0.6 is 0 Å². The van der Waals surface area contributed by atoms with E-state index in [0.717, 1.165) is 32.4 Å². The maximum Gasteiger partial charge on any atom is 0.152 e. The summed E-state index contributed by atoms with van der Waals surface area (Å²) in [4.78, 5) is 2.30. The van der Waals surface area contributed by atoms with Gasteiger partial charge in [-0.15, -0.1) is 0 Å². The van der Waals surface area contributed by atoms with Gasteiger partial charge in [-0.25, -0.2) is 8.42 Å². The lowest BCUT2D eigenvalue weighted by atomic mass is 9.93. The Hall–Kier alpha value is -0.130. The summed E-state index contributed by atoms with van der Waals surface area (Å²) in [6.45, 7) is 8.64. The molecule has 2 unspecified atom stereocenters. The minimum Gasteiger partial charge on any atom is -0.329 e. The molecule has 0 heterocycles. The molecule has 0 amide bonds. The van der Waals surface area contributed by atoms with Crippen molar-refractivity contribution in [2.75, 3.05) is 25.9 Å². The summed E-state index contributed by atoms with van der Waals surface area (Å²) in [6, 6.07) is 0. The van der Waals surface area contributed by atoms with Gasteiger partial charge >= 0.3 is 0 Å². The van der Waals surface area contributed by atoms with Crippen LogP contribution in [0.25, 0.3) is 0 Å².